The SMILES string of the molecule is COCC(C)OCC(O)c1ccccc1OC. The molecule has 1 rings (SSSR count). The van der Waals surface area contributed by atoms with Crippen LogP contribution in [-0.2, 0) is 9.47 Å². The first kappa shape index (κ1) is 14.0. The Labute approximate surface area is 102 Å². The largest absolute Gasteiger partial charge is 0.496 e. The minimum atomic E-state index is -0.689. The summed E-state index contributed by atoms with van der Waals surface area (Å²) in [5.41, 5.74) is 0.736. The maximum atomic E-state index is 10.0. The van der Waals surface area contributed by atoms with E-state index in [4.69, 9.17) is 14.2 Å². The fraction of sp³-hybridized carbons (Fsp3) is 0.538. The van der Waals surface area contributed by atoms with Gasteiger partial charge in [-0.05, 0) is 13.0 Å². The van der Waals surface area contributed by atoms with Crippen molar-refractivity contribution < 1.29 is 19.3 Å². The third-order valence-corrected chi connectivity index (χ3v) is 2.44. The van der Waals surface area contributed by atoms with E-state index in [1.54, 1.807) is 14.2 Å². The van der Waals surface area contributed by atoms with Gasteiger partial charge in [-0.3, -0.25) is 0 Å². The van der Waals surface area contributed by atoms with Crippen molar-refractivity contribution >= 4 is 0 Å². The number of para-hydroxylation sites is 1. The quantitative estimate of drug-likeness (QED) is 0.789. The molecule has 0 heterocycles. The van der Waals surface area contributed by atoms with Gasteiger partial charge in [0, 0.05) is 12.7 Å². The van der Waals surface area contributed by atoms with Gasteiger partial charge in [-0.2, -0.15) is 0 Å². The predicted octanol–water partition coefficient (Wildman–Crippen LogP) is 1.78. The second-order valence-corrected chi connectivity index (χ2v) is 3.86. The minimum absolute atomic E-state index is 0.0376. The van der Waals surface area contributed by atoms with Gasteiger partial charge in [0.1, 0.15) is 11.9 Å². The van der Waals surface area contributed by atoms with Crippen LogP contribution in [0.3, 0.4) is 0 Å². The predicted molar refractivity (Wildman–Crippen MR) is 65.2 cm³/mol. The number of rotatable bonds is 7. The minimum Gasteiger partial charge on any atom is -0.496 e. The lowest BCUT2D eigenvalue weighted by Gasteiger charge is -2.17. The summed E-state index contributed by atoms with van der Waals surface area (Å²) >= 11 is 0. The molecule has 0 saturated heterocycles. The third-order valence-electron chi connectivity index (χ3n) is 2.44. The highest BCUT2D eigenvalue weighted by Crippen LogP contribution is 2.24. The fourth-order valence-electron chi connectivity index (χ4n) is 1.57. The van der Waals surface area contributed by atoms with Crippen LogP contribution in [-0.4, -0.2) is 38.6 Å². The van der Waals surface area contributed by atoms with Gasteiger partial charge in [0.2, 0.25) is 0 Å². The van der Waals surface area contributed by atoms with Crippen molar-refractivity contribution in [3.05, 3.63) is 29.8 Å². The molecule has 0 aliphatic carbocycles. The van der Waals surface area contributed by atoms with E-state index in [0.717, 1.165) is 5.56 Å². The average molecular weight is 240 g/mol. The first-order valence-electron chi connectivity index (χ1n) is 5.60. The van der Waals surface area contributed by atoms with Crippen molar-refractivity contribution in [3.8, 4) is 5.75 Å². The van der Waals surface area contributed by atoms with Crippen molar-refractivity contribution in [2.45, 2.75) is 19.1 Å². The summed E-state index contributed by atoms with van der Waals surface area (Å²) in [7, 11) is 3.20. The molecule has 17 heavy (non-hydrogen) atoms. The van der Waals surface area contributed by atoms with E-state index in [-0.39, 0.29) is 12.7 Å². The molecule has 0 bridgehead atoms. The highest BCUT2D eigenvalue weighted by Gasteiger charge is 2.14. The Morgan fingerprint density at radius 3 is 2.53 bits per heavy atom. The van der Waals surface area contributed by atoms with Crippen LogP contribution in [0.25, 0.3) is 0 Å². The van der Waals surface area contributed by atoms with E-state index in [9.17, 15) is 5.11 Å². The lowest BCUT2D eigenvalue weighted by molar-refractivity contribution is -0.0330. The Hall–Kier alpha value is -1.10. The molecule has 0 aliphatic rings. The normalized spacial score (nSPS) is 14.4. The summed E-state index contributed by atoms with van der Waals surface area (Å²) < 4.78 is 15.6. The molecule has 0 aliphatic heterocycles. The third kappa shape index (κ3) is 4.34. The van der Waals surface area contributed by atoms with E-state index in [2.05, 4.69) is 0 Å². The van der Waals surface area contributed by atoms with E-state index in [1.807, 2.05) is 31.2 Å². The Kier molecular flexibility index (Phi) is 5.97. The first-order valence-corrected chi connectivity index (χ1v) is 5.60. The molecule has 4 heteroatoms. The van der Waals surface area contributed by atoms with Crippen molar-refractivity contribution in [3.63, 3.8) is 0 Å². The van der Waals surface area contributed by atoms with Gasteiger partial charge >= 0.3 is 0 Å². The molecule has 0 amide bonds. The lowest BCUT2D eigenvalue weighted by atomic mass is 10.1. The summed E-state index contributed by atoms with van der Waals surface area (Å²) in [6.45, 7) is 2.64. The van der Waals surface area contributed by atoms with Crippen LogP contribution in [0.4, 0.5) is 0 Å². The molecule has 2 atom stereocenters. The van der Waals surface area contributed by atoms with Crippen molar-refractivity contribution in [1.29, 1.82) is 0 Å². The summed E-state index contributed by atoms with van der Waals surface area (Å²) in [5.74, 6) is 0.669. The summed E-state index contributed by atoms with van der Waals surface area (Å²) in [5, 5.41) is 10.0. The van der Waals surface area contributed by atoms with Crippen molar-refractivity contribution in [2.75, 3.05) is 27.4 Å². The second-order valence-electron chi connectivity index (χ2n) is 3.86. The summed E-state index contributed by atoms with van der Waals surface area (Å²) in [6.07, 6.45) is -0.727. The molecule has 1 aromatic rings. The number of aliphatic hydroxyl groups excluding tert-OH is 1. The van der Waals surface area contributed by atoms with E-state index < -0.39 is 6.10 Å². The van der Waals surface area contributed by atoms with Crippen LogP contribution in [0, 0.1) is 0 Å². The fourth-order valence-corrected chi connectivity index (χ4v) is 1.57. The molecular formula is C13H20O4. The molecule has 0 saturated carbocycles. The van der Waals surface area contributed by atoms with Gasteiger partial charge in [-0.1, -0.05) is 18.2 Å². The standard InChI is InChI=1S/C13H20O4/c1-10(8-15-2)17-9-12(14)11-6-4-5-7-13(11)16-3/h4-7,10,12,14H,8-9H2,1-3H3. The number of hydrogen-bond acceptors (Lipinski definition) is 4. The number of ether oxygens (including phenoxy) is 3. The monoisotopic (exact) mass is 240 g/mol. The molecule has 2 unspecified atom stereocenters. The van der Waals surface area contributed by atoms with E-state index in [1.165, 1.54) is 0 Å². The van der Waals surface area contributed by atoms with Gasteiger partial charge in [0.15, 0.2) is 0 Å². The molecule has 0 aromatic heterocycles. The van der Waals surface area contributed by atoms with Crippen LogP contribution in [0.15, 0.2) is 24.3 Å². The van der Waals surface area contributed by atoms with Gasteiger partial charge in [0.05, 0.1) is 26.4 Å². The topological polar surface area (TPSA) is 47.9 Å². The van der Waals surface area contributed by atoms with Crippen LogP contribution < -0.4 is 4.74 Å². The highest BCUT2D eigenvalue weighted by molar-refractivity contribution is 5.34. The number of methoxy groups -OCH3 is 2. The molecule has 1 aromatic carbocycles. The maximum absolute atomic E-state index is 10.0. The molecule has 1 N–H and O–H groups in total. The number of benzene rings is 1. The molecule has 0 fully saturated rings. The molecule has 0 radical (unpaired) electrons. The van der Waals surface area contributed by atoms with Crippen molar-refractivity contribution in [2.24, 2.45) is 0 Å². The highest BCUT2D eigenvalue weighted by atomic mass is 16.5. The average Bonchev–Trinajstić information content (AvgIpc) is 2.36. The Balaban J connectivity index is 2.54. The van der Waals surface area contributed by atoms with E-state index >= 15 is 0 Å². The number of hydrogen-bond donors (Lipinski definition) is 1. The number of aliphatic hydroxyl groups is 1. The lowest BCUT2D eigenvalue weighted by Crippen LogP contribution is -2.19. The molecule has 4 nitrogen and oxygen atoms in total. The zero-order valence-corrected chi connectivity index (χ0v) is 10.6. The summed E-state index contributed by atoms with van der Waals surface area (Å²) in [6, 6.07) is 7.37. The smallest absolute Gasteiger partial charge is 0.124 e. The Morgan fingerprint density at radius 2 is 1.88 bits per heavy atom. The zero-order chi connectivity index (χ0) is 12.7. The van der Waals surface area contributed by atoms with E-state index in [0.29, 0.717) is 12.4 Å². The Morgan fingerprint density at radius 1 is 1.18 bits per heavy atom. The van der Waals surface area contributed by atoms with Crippen molar-refractivity contribution in [1.82, 2.24) is 0 Å². The molecule has 0 spiro atoms. The maximum Gasteiger partial charge on any atom is 0.124 e. The van der Waals surface area contributed by atoms with Gasteiger partial charge in [0.25, 0.3) is 0 Å². The summed E-state index contributed by atoms with van der Waals surface area (Å²) in [4.78, 5) is 0. The van der Waals surface area contributed by atoms with Crippen LogP contribution >= 0.6 is 0 Å². The van der Waals surface area contributed by atoms with Gasteiger partial charge in [-0.25, -0.2) is 0 Å². The second kappa shape index (κ2) is 7.27. The van der Waals surface area contributed by atoms with Crippen LogP contribution in [0.5, 0.6) is 5.75 Å². The van der Waals surface area contributed by atoms with Gasteiger partial charge < -0.3 is 19.3 Å². The molecular weight excluding hydrogens is 220 g/mol. The van der Waals surface area contributed by atoms with Crippen LogP contribution in [0.2, 0.25) is 0 Å². The van der Waals surface area contributed by atoms with Crippen LogP contribution in [0.1, 0.15) is 18.6 Å². The first-order chi connectivity index (χ1) is 8.19. The zero-order valence-electron chi connectivity index (χ0n) is 10.6. The van der Waals surface area contributed by atoms with Gasteiger partial charge in [-0.15, -0.1) is 0 Å². The Bertz CT molecular complexity index is 327. The molecule has 96 valence electrons.